The number of carbonyl (C=O) groups is 9. The van der Waals surface area contributed by atoms with Crippen molar-refractivity contribution in [3.05, 3.63) is 0 Å². The summed E-state index contributed by atoms with van der Waals surface area (Å²) < 4.78 is 78.4. The topological polar surface area (TPSA) is 323 Å². The zero-order valence-corrected chi connectivity index (χ0v) is 34.6. The molecule has 0 radical (unpaired) electrons. The normalized spacial score (nSPS) is 33.4. The Hall–Kier alpha value is -5.05. The third-order valence-electron chi connectivity index (χ3n) is 8.57. The van der Waals surface area contributed by atoms with Crippen LogP contribution in [-0.4, -0.2) is 176 Å². The molecule has 0 unspecified atom stereocenters. The van der Waals surface area contributed by atoms with Crippen molar-refractivity contribution in [2.75, 3.05) is 19.8 Å². The lowest BCUT2D eigenvalue weighted by atomic mass is 9.95. The van der Waals surface area contributed by atoms with E-state index in [1.165, 1.54) is 0 Å². The van der Waals surface area contributed by atoms with Crippen LogP contribution in [0, 0.1) is 0 Å². The Morgan fingerprint density at radius 2 is 0.689 bits per heavy atom. The molecule has 3 aliphatic heterocycles. The number of esters is 9. The highest BCUT2D eigenvalue weighted by Gasteiger charge is 2.59. The van der Waals surface area contributed by atoms with Gasteiger partial charge in [-0.1, -0.05) is 0 Å². The van der Waals surface area contributed by atoms with Crippen LogP contribution >= 0.6 is 0 Å². The molecule has 0 aliphatic carbocycles. The lowest BCUT2D eigenvalue weighted by Crippen LogP contribution is -2.69. The summed E-state index contributed by atoms with van der Waals surface area (Å²) in [5.41, 5.74) is 0. The van der Waals surface area contributed by atoms with E-state index in [-0.39, 0.29) is 0 Å². The van der Waals surface area contributed by atoms with Gasteiger partial charge in [-0.25, -0.2) is 0 Å². The minimum absolute atomic E-state index is 0.685. The number of aliphatic hydroxyl groups excluding tert-OH is 2. The Labute approximate surface area is 347 Å². The smallest absolute Gasteiger partial charge is 0.303 e. The van der Waals surface area contributed by atoms with Gasteiger partial charge in [0.05, 0.1) is 6.61 Å². The number of rotatable bonds is 16. The number of aliphatic hydroxyl groups is 2. The summed E-state index contributed by atoms with van der Waals surface area (Å²) in [6.07, 6.45) is -27.1. The minimum atomic E-state index is -2.02. The van der Waals surface area contributed by atoms with Crippen LogP contribution in [0.4, 0.5) is 0 Å². The van der Waals surface area contributed by atoms with E-state index in [1.807, 2.05) is 0 Å². The van der Waals surface area contributed by atoms with Crippen LogP contribution in [0.15, 0.2) is 0 Å². The molecule has 25 nitrogen and oxygen atoms in total. The highest BCUT2D eigenvalue weighted by atomic mass is 16.8. The van der Waals surface area contributed by atoms with Gasteiger partial charge < -0.3 is 76.5 Å². The zero-order chi connectivity index (χ0) is 45.9. The van der Waals surface area contributed by atoms with E-state index in [0.29, 0.717) is 0 Å². The molecule has 2 N–H and O–H groups in total. The Balaban J connectivity index is 2.27. The van der Waals surface area contributed by atoms with E-state index in [0.717, 1.165) is 62.3 Å². The molecule has 15 atom stereocenters. The van der Waals surface area contributed by atoms with Crippen molar-refractivity contribution in [2.45, 2.75) is 154 Å². The molecule has 0 aromatic carbocycles. The maximum atomic E-state index is 12.8. The van der Waals surface area contributed by atoms with Gasteiger partial charge in [0.1, 0.15) is 43.7 Å². The second-order valence-electron chi connectivity index (χ2n) is 13.7. The highest BCUT2D eigenvalue weighted by molar-refractivity contribution is 5.70. The van der Waals surface area contributed by atoms with Crippen molar-refractivity contribution in [1.29, 1.82) is 0 Å². The van der Waals surface area contributed by atoms with E-state index < -0.39 is 166 Å². The van der Waals surface area contributed by atoms with Crippen molar-refractivity contribution < 1.29 is 120 Å². The molecule has 3 saturated heterocycles. The van der Waals surface area contributed by atoms with Gasteiger partial charge >= 0.3 is 53.7 Å². The van der Waals surface area contributed by atoms with Gasteiger partial charge in [-0.3, -0.25) is 43.2 Å². The Bertz CT molecular complexity index is 1610. The van der Waals surface area contributed by atoms with Crippen molar-refractivity contribution in [3.63, 3.8) is 0 Å². The molecular weight excluding hydrogens is 832 g/mol. The maximum absolute atomic E-state index is 12.8. The van der Waals surface area contributed by atoms with Crippen molar-refractivity contribution in [3.8, 4) is 0 Å². The fraction of sp³-hybridized carbons (Fsp3) is 0.750. The molecule has 344 valence electrons. The summed E-state index contributed by atoms with van der Waals surface area (Å²) in [4.78, 5) is 111. The van der Waals surface area contributed by atoms with Crippen LogP contribution in [0.25, 0.3) is 0 Å². The number of hydrogen-bond donors (Lipinski definition) is 2. The van der Waals surface area contributed by atoms with Gasteiger partial charge in [-0.05, 0) is 0 Å². The minimum Gasteiger partial charge on any atom is -0.463 e. The predicted molar refractivity (Wildman–Crippen MR) is 187 cm³/mol. The van der Waals surface area contributed by atoms with Crippen molar-refractivity contribution >= 4 is 53.7 Å². The first kappa shape index (κ1) is 50.3. The summed E-state index contributed by atoms with van der Waals surface area (Å²) >= 11 is 0. The Morgan fingerprint density at radius 3 is 1.10 bits per heavy atom. The molecule has 0 aromatic rings. The fourth-order valence-corrected chi connectivity index (χ4v) is 6.58. The monoisotopic (exact) mass is 882 g/mol. The van der Waals surface area contributed by atoms with Gasteiger partial charge in [0, 0.05) is 62.3 Å². The van der Waals surface area contributed by atoms with Crippen LogP contribution in [0.5, 0.6) is 0 Å². The van der Waals surface area contributed by atoms with Gasteiger partial charge in [0.2, 0.25) is 0 Å². The first-order valence-corrected chi connectivity index (χ1v) is 18.6. The molecule has 3 aliphatic rings. The summed E-state index contributed by atoms with van der Waals surface area (Å²) in [7, 11) is 0. The first-order valence-electron chi connectivity index (χ1n) is 18.6. The molecule has 0 bridgehead atoms. The van der Waals surface area contributed by atoms with Crippen LogP contribution in [0.2, 0.25) is 0 Å². The standard InChI is InChI=1S/C36H50O25/c1-13(38)48-11-23-27(28(52-17(5)42)31(34(47)57-23)54-19(7)44)60-35-33(56-21(9)46)30(25(50-15(3)40)22(10-37)58-35)61-36-32(55-20(8)45)29(53-18(6)43)26(51-16(4)41)24(59-36)12-49-14(2)39/h22-37,47H,10-12H2,1-9H3/t22-,23-,24-,25+,26+,27-,28+,29+,30+,31+,32-,33-,34+,35+,36+/m1/s1. The predicted octanol–water partition coefficient (Wildman–Crippen LogP) is -2.44. The summed E-state index contributed by atoms with van der Waals surface area (Å²) in [5.74, 6) is -8.65. The Kier molecular flexibility index (Phi) is 18.7. The van der Waals surface area contributed by atoms with Crippen LogP contribution < -0.4 is 0 Å². The summed E-state index contributed by atoms with van der Waals surface area (Å²) in [6, 6.07) is 0. The van der Waals surface area contributed by atoms with Crippen molar-refractivity contribution in [2.24, 2.45) is 0 Å². The van der Waals surface area contributed by atoms with Gasteiger partial charge in [-0.15, -0.1) is 0 Å². The molecule has 3 fully saturated rings. The van der Waals surface area contributed by atoms with Gasteiger partial charge in [-0.2, -0.15) is 0 Å². The van der Waals surface area contributed by atoms with Gasteiger partial charge in [0.25, 0.3) is 0 Å². The lowest BCUT2D eigenvalue weighted by Gasteiger charge is -2.50. The first-order chi connectivity index (χ1) is 28.5. The van der Waals surface area contributed by atoms with E-state index in [4.69, 9.17) is 66.3 Å². The second-order valence-corrected chi connectivity index (χ2v) is 13.7. The third-order valence-corrected chi connectivity index (χ3v) is 8.57. The van der Waals surface area contributed by atoms with E-state index in [2.05, 4.69) is 0 Å². The van der Waals surface area contributed by atoms with Crippen LogP contribution in [-0.2, 0) is 109 Å². The quantitative estimate of drug-likeness (QED) is 0.120. The summed E-state index contributed by atoms with van der Waals surface area (Å²) in [6.45, 7) is 6.46. The van der Waals surface area contributed by atoms with Crippen molar-refractivity contribution in [1.82, 2.24) is 0 Å². The molecule has 0 amide bonds. The van der Waals surface area contributed by atoms with Gasteiger partial charge in [0.15, 0.2) is 61.6 Å². The largest absolute Gasteiger partial charge is 0.463 e. The molecule has 0 aromatic heterocycles. The van der Waals surface area contributed by atoms with E-state index in [1.54, 1.807) is 0 Å². The zero-order valence-electron chi connectivity index (χ0n) is 34.6. The second kappa shape index (κ2) is 22.7. The third kappa shape index (κ3) is 14.5. The highest BCUT2D eigenvalue weighted by Crippen LogP contribution is 2.37. The van der Waals surface area contributed by atoms with Crippen LogP contribution in [0.1, 0.15) is 62.3 Å². The number of hydrogen-bond acceptors (Lipinski definition) is 25. The molecule has 3 rings (SSSR count). The SMILES string of the molecule is CC(=O)OC[C@H]1O[C@@H](O[C@H]2[C@@H](OC(C)=O)[C@@H](CO)O[C@@H](O[C@H]3[C@H](OC(C)=O)[C@H](OC(C)=O)[C@@H](O)O[C@@H]3COC(C)=O)[C@@H]2OC(C)=O)[C@H](OC(C)=O)[C@@H](OC(C)=O)[C@H]1OC(C)=O. The van der Waals surface area contributed by atoms with E-state index >= 15 is 0 Å². The molecule has 0 saturated carbocycles. The number of carbonyl (C=O) groups excluding carboxylic acids is 9. The van der Waals surface area contributed by atoms with Crippen LogP contribution in [0.3, 0.4) is 0 Å². The molecule has 3 heterocycles. The molecule has 0 spiro atoms. The molecule has 25 heteroatoms. The number of ether oxygens (including phenoxy) is 14. The molecular formula is C36H50O25. The maximum Gasteiger partial charge on any atom is 0.303 e. The Morgan fingerprint density at radius 1 is 0.377 bits per heavy atom. The average Bonchev–Trinajstić information content (AvgIpc) is 3.12. The van der Waals surface area contributed by atoms with E-state index in [9.17, 15) is 53.4 Å². The molecule has 61 heavy (non-hydrogen) atoms. The average molecular weight is 883 g/mol. The summed E-state index contributed by atoms with van der Waals surface area (Å²) in [5, 5.41) is 21.4. The fourth-order valence-electron chi connectivity index (χ4n) is 6.58. The lowest BCUT2D eigenvalue weighted by molar-refractivity contribution is -0.379.